The van der Waals surface area contributed by atoms with Crippen molar-refractivity contribution in [2.45, 2.75) is 32.4 Å². The molecule has 2 aromatic heterocycles. The zero-order valence-corrected chi connectivity index (χ0v) is 15.3. The summed E-state index contributed by atoms with van der Waals surface area (Å²) >= 11 is 5.90. The molecule has 0 aliphatic heterocycles. The summed E-state index contributed by atoms with van der Waals surface area (Å²) in [5.41, 5.74) is 1.59. The van der Waals surface area contributed by atoms with Gasteiger partial charge in [-0.05, 0) is 55.0 Å². The predicted molar refractivity (Wildman–Crippen MR) is 98.4 cm³/mol. The van der Waals surface area contributed by atoms with Crippen LogP contribution in [0, 0.1) is 0 Å². The van der Waals surface area contributed by atoms with Crippen LogP contribution in [0.5, 0.6) is 0 Å². The number of aromatic nitrogens is 5. The van der Waals surface area contributed by atoms with E-state index in [1.54, 1.807) is 18.3 Å². The molecule has 0 radical (unpaired) electrons. The number of nitrogens with zero attached hydrogens (tertiary/aromatic N) is 5. The van der Waals surface area contributed by atoms with Gasteiger partial charge in [-0.2, -0.15) is 4.80 Å². The summed E-state index contributed by atoms with van der Waals surface area (Å²) in [6.45, 7) is 3.79. The first kappa shape index (κ1) is 18.0. The van der Waals surface area contributed by atoms with Gasteiger partial charge in [0.2, 0.25) is 11.7 Å². The second-order valence-corrected chi connectivity index (χ2v) is 6.29. The van der Waals surface area contributed by atoms with E-state index >= 15 is 0 Å². The molecule has 0 saturated heterocycles. The third-order valence-electron chi connectivity index (χ3n) is 3.99. The van der Waals surface area contributed by atoms with Crippen molar-refractivity contribution in [1.29, 1.82) is 0 Å². The molecule has 26 heavy (non-hydrogen) atoms. The Kier molecular flexibility index (Phi) is 5.58. The maximum atomic E-state index is 12.7. The highest BCUT2D eigenvalue weighted by Crippen LogP contribution is 2.19. The quantitative estimate of drug-likeness (QED) is 0.720. The molecule has 3 aromatic rings. The second kappa shape index (κ2) is 8.05. The van der Waals surface area contributed by atoms with E-state index in [1.165, 1.54) is 4.80 Å². The summed E-state index contributed by atoms with van der Waals surface area (Å²) in [5.74, 6) is 0.274. The van der Waals surface area contributed by atoms with E-state index in [9.17, 15) is 4.79 Å². The van der Waals surface area contributed by atoms with Crippen LogP contribution in [0.1, 0.15) is 38.0 Å². The SMILES string of the molecule is CCC(C(=O)NC(C)c1ccccn1)n1nnc(-c2ccc(Cl)cc2)n1. The second-order valence-electron chi connectivity index (χ2n) is 5.85. The van der Waals surface area contributed by atoms with E-state index in [1.807, 2.05) is 44.2 Å². The molecule has 0 fully saturated rings. The van der Waals surface area contributed by atoms with Gasteiger partial charge in [-0.3, -0.25) is 9.78 Å². The van der Waals surface area contributed by atoms with E-state index < -0.39 is 6.04 Å². The summed E-state index contributed by atoms with van der Waals surface area (Å²) in [6, 6.07) is 12.0. The van der Waals surface area contributed by atoms with Crippen LogP contribution < -0.4 is 5.32 Å². The van der Waals surface area contributed by atoms with Crippen molar-refractivity contribution in [3.63, 3.8) is 0 Å². The topological polar surface area (TPSA) is 85.6 Å². The van der Waals surface area contributed by atoms with Crippen molar-refractivity contribution in [3.05, 3.63) is 59.4 Å². The minimum absolute atomic E-state index is 0.175. The highest BCUT2D eigenvalue weighted by Gasteiger charge is 2.24. The van der Waals surface area contributed by atoms with Crippen LogP contribution in [0.2, 0.25) is 5.02 Å². The number of nitrogens with one attached hydrogen (secondary N) is 1. The van der Waals surface area contributed by atoms with E-state index in [-0.39, 0.29) is 11.9 Å². The van der Waals surface area contributed by atoms with Gasteiger partial charge in [0.1, 0.15) is 0 Å². The van der Waals surface area contributed by atoms with Gasteiger partial charge in [0.25, 0.3) is 0 Å². The van der Waals surface area contributed by atoms with Crippen LogP contribution in [0.4, 0.5) is 0 Å². The van der Waals surface area contributed by atoms with Gasteiger partial charge in [0.15, 0.2) is 6.04 Å². The van der Waals surface area contributed by atoms with Crippen LogP contribution in [0.25, 0.3) is 11.4 Å². The van der Waals surface area contributed by atoms with Gasteiger partial charge in [-0.15, -0.1) is 10.2 Å². The number of pyridine rings is 1. The summed E-state index contributed by atoms with van der Waals surface area (Å²) in [4.78, 5) is 18.3. The lowest BCUT2D eigenvalue weighted by atomic mass is 10.1. The first-order valence-electron chi connectivity index (χ1n) is 8.35. The summed E-state index contributed by atoms with van der Waals surface area (Å²) in [5, 5.41) is 16.1. The number of hydrogen-bond donors (Lipinski definition) is 1. The number of carbonyl (C=O) groups excluding carboxylic acids is 1. The molecule has 3 rings (SSSR count). The van der Waals surface area contributed by atoms with Crippen molar-refractivity contribution in [1.82, 2.24) is 30.5 Å². The summed E-state index contributed by atoms with van der Waals surface area (Å²) in [7, 11) is 0. The highest BCUT2D eigenvalue weighted by molar-refractivity contribution is 6.30. The standard InChI is InChI=1S/C18H19ClN6O/c1-3-16(18(26)21-12(2)15-6-4-5-11-20-15)25-23-17(22-24-25)13-7-9-14(19)10-8-13/h4-12,16H,3H2,1-2H3,(H,21,26). The number of amides is 1. The predicted octanol–water partition coefficient (Wildman–Crippen LogP) is 3.22. The van der Waals surface area contributed by atoms with E-state index in [4.69, 9.17) is 11.6 Å². The molecule has 0 spiro atoms. The average Bonchev–Trinajstić information content (AvgIpc) is 3.13. The Morgan fingerprint density at radius 2 is 2.00 bits per heavy atom. The lowest BCUT2D eigenvalue weighted by Crippen LogP contribution is -2.35. The number of rotatable bonds is 6. The molecule has 1 aromatic carbocycles. The van der Waals surface area contributed by atoms with Gasteiger partial charge in [0, 0.05) is 16.8 Å². The fraction of sp³-hybridized carbons (Fsp3) is 0.278. The zero-order chi connectivity index (χ0) is 18.5. The molecule has 1 N–H and O–H groups in total. The summed E-state index contributed by atoms with van der Waals surface area (Å²) < 4.78 is 0. The van der Waals surface area contributed by atoms with E-state index in [2.05, 4.69) is 25.7 Å². The highest BCUT2D eigenvalue weighted by atomic mass is 35.5. The Hall–Kier alpha value is -2.80. The zero-order valence-electron chi connectivity index (χ0n) is 14.5. The molecule has 7 nitrogen and oxygen atoms in total. The fourth-order valence-electron chi connectivity index (χ4n) is 2.54. The maximum Gasteiger partial charge on any atom is 0.247 e. The Morgan fingerprint density at radius 3 is 2.65 bits per heavy atom. The largest absolute Gasteiger partial charge is 0.346 e. The molecule has 2 heterocycles. The van der Waals surface area contributed by atoms with Gasteiger partial charge >= 0.3 is 0 Å². The van der Waals surface area contributed by atoms with Crippen LogP contribution in [-0.4, -0.2) is 31.1 Å². The molecule has 0 aliphatic carbocycles. The first-order chi connectivity index (χ1) is 12.6. The monoisotopic (exact) mass is 370 g/mol. The van der Waals surface area contributed by atoms with Crippen molar-refractivity contribution in [2.24, 2.45) is 0 Å². The molecule has 0 aliphatic rings. The van der Waals surface area contributed by atoms with E-state index in [0.717, 1.165) is 11.3 Å². The van der Waals surface area contributed by atoms with Gasteiger partial charge in [-0.25, -0.2) is 0 Å². The minimum Gasteiger partial charge on any atom is -0.346 e. The van der Waals surface area contributed by atoms with E-state index in [0.29, 0.717) is 17.3 Å². The Balaban J connectivity index is 1.74. The number of halogens is 1. The normalized spacial score (nSPS) is 13.2. The molecule has 1 amide bonds. The lowest BCUT2D eigenvalue weighted by molar-refractivity contribution is -0.125. The van der Waals surface area contributed by atoms with Crippen LogP contribution in [0.15, 0.2) is 48.7 Å². The Morgan fingerprint density at radius 1 is 1.23 bits per heavy atom. The van der Waals surface area contributed by atoms with Crippen LogP contribution >= 0.6 is 11.6 Å². The van der Waals surface area contributed by atoms with Crippen molar-refractivity contribution < 1.29 is 4.79 Å². The number of tetrazole rings is 1. The first-order valence-corrected chi connectivity index (χ1v) is 8.73. The van der Waals surface area contributed by atoms with Gasteiger partial charge < -0.3 is 5.32 Å². The van der Waals surface area contributed by atoms with Crippen LogP contribution in [-0.2, 0) is 4.79 Å². The fourth-order valence-corrected chi connectivity index (χ4v) is 2.67. The summed E-state index contributed by atoms with van der Waals surface area (Å²) in [6.07, 6.45) is 2.24. The molecule has 134 valence electrons. The van der Waals surface area contributed by atoms with Crippen molar-refractivity contribution in [3.8, 4) is 11.4 Å². The molecule has 8 heteroatoms. The lowest BCUT2D eigenvalue weighted by Gasteiger charge is -2.18. The van der Waals surface area contributed by atoms with Crippen molar-refractivity contribution >= 4 is 17.5 Å². The number of benzene rings is 1. The third-order valence-corrected chi connectivity index (χ3v) is 4.24. The smallest absolute Gasteiger partial charge is 0.247 e. The average molecular weight is 371 g/mol. The number of hydrogen-bond acceptors (Lipinski definition) is 5. The Bertz CT molecular complexity index is 865. The van der Waals surface area contributed by atoms with Gasteiger partial charge in [-0.1, -0.05) is 24.6 Å². The molecule has 0 bridgehead atoms. The molecular formula is C18H19ClN6O. The van der Waals surface area contributed by atoms with Gasteiger partial charge in [0.05, 0.1) is 11.7 Å². The maximum absolute atomic E-state index is 12.7. The molecule has 2 unspecified atom stereocenters. The molecular weight excluding hydrogens is 352 g/mol. The third kappa shape index (κ3) is 4.05. The molecule has 2 atom stereocenters. The van der Waals surface area contributed by atoms with Crippen molar-refractivity contribution in [2.75, 3.05) is 0 Å². The minimum atomic E-state index is -0.547. The molecule has 0 saturated carbocycles. The van der Waals surface area contributed by atoms with Crippen LogP contribution in [0.3, 0.4) is 0 Å². The Labute approximate surface area is 156 Å². The number of carbonyl (C=O) groups is 1.